The Morgan fingerprint density at radius 3 is 2.55 bits per heavy atom. The Balaban J connectivity index is 1.32. The largest absolute Gasteiger partial charge is 0.369 e. The molecule has 174 valence electrons. The predicted octanol–water partition coefficient (Wildman–Crippen LogP) is 1.25. The molecule has 1 aromatic heterocycles. The molecule has 33 heavy (non-hydrogen) atoms. The molecule has 9 nitrogen and oxygen atoms in total. The molecule has 0 radical (unpaired) electrons. The van der Waals surface area contributed by atoms with Crippen molar-refractivity contribution in [3.63, 3.8) is 0 Å². The molecule has 2 aromatic rings. The number of halogens is 1. The lowest BCUT2D eigenvalue weighted by Gasteiger charge is -2.37. The molecule has 1 atom stereocenters. The van der Waals surface area contributed by atoms with Crippen LogP contribution in [-0.4, -0.2) is 69.7 Å². The number of H-pyrrole nitrogens is 1. The van der Waals surface area contributed by atoms with Crippen molar-refractivity contribution in [3.05, 3.63) is 46.3 Å². The molecular formula is C23H27FN6O3. The average Bonchev–Trinajstić information content (AvgIpc) is 3.26. The first-order valence-corrected chi connectivity index (χ1v) is 11.3. The molecular weight excluding hydrogens is 427 g/mol. The second-order valence-electron chi connectivity index (χ2n) is 9.01. The highest BCUT2D eigenvalue weighted by Gasteiger charge is 2.41. The molecule has 3 aliphatic rings. The summed E-state index contributed by atoms with van der Waals surface area (Å²) in [6, 6.07) is 2.03. The van der Waals surface area contributed by atoms with Crippen molar-refractivity contribution in [2.45, 2.75) is 45.8 Å². The lowest BCUT2D eigenvalue weighted by atomic mass is 10.0. The van der Waals surface area contributed by atoms with E-state index in [-0.39, 0.29) is 31.2 Å². The zero-order valence-electron chi connectivity index (χ0n) is 18.8. The molecule has 4 heterocycles. The molecule has 0 saturated carbocycles. The zero-order chi connectivity index (χ0) is 23.3. The third-order valence-corrected chi connectivity index (χ3v) is 6.79. The van der Waals surface area contributed by atoms with Crippen molar-refractivity contribution in [3.8, 4) is 0 Å². The zero-order valence-corrected chi connectivity index (χ0v) is 18.8. The van der Waals surface area contributed by atoms with Gasteiger partial charge in [-0.25, -0.2) is 9.37 Å². The number of aromatic amines is 1. The van der Waals surface area contributed by atoms with Crippen LogP contribution in [0.25, 0.3) is 0 Å². The maximum absolute atomic E-state index is 14.5. The monoisotopic (exact) mass is 454 g/mol. The van der Waals surface area contributed by atoms with Gasteiger partial charge in [0.15, 0.2) is 0 Å². The number of piperazine rings is 1. The first kappa shape index (κ1) is 21.6. The Labute approximate surface area is 190 Å². The fraction of sp³-hybridized carbons (Fsp3) is 0.478. The van der Waals surface area contributed by atoms with Crippen LogP contribution in [0.4, 0.5) is 10.1 Å². The third kappa shape index (κ3) is 3.99. The number of imide groups is 1. The highest BCUT2D eigenvalue weighted by Crippen LogP contribution is 2.35. The number of imidazole rings is 1. The second kappa shape index (κ2) is 8.26. The van der Waals surface area contributed by atoms with Crippen LogP contribution >= 0.6 is 0 Å². The van der Waals surface area contributed by atoms with E-state index in [0.717, 1.165) is 42.4 Å². The number of carbonyl (C=O) groups is 3. The van der Waals surface area contributed by atoms with Crippen LogP contribution in [-0.2, 0) is 22.7 Å². The summed E-state index contributed by atoms with van der Waals surface area (Å²) in [5.41, 5.74) is 3.88. The minimum Gasteiger partial charge on any atom is -0.369 e. The molecule has 2 saturated heterocycles. The van der Waals surface area contributed by atoms with Gasteiger partial charge in [-0.3, -0.25) is 24.6 Å². The molecule has 1 aromatic carbocycles. The second-order valence-corrected chi connectivity index (χ2v) is 9.01. The SMILES string of the molecule is Cc1nc(CN2CCN(c3cc(F)cc4c3CN(C3CCC(=O)NC3=O)C4=O)CC2)c(C)[nH]1. The van der Waals surface area contributed by atoms with Gasteiger partial charge in [-0.2, -0.15) is 0 Å². The molecule has 3 aliphatic heterocycles. The van der Waals surface area contributed by atoms with E-state index in [1.54, 1.807) is 0 Å². The average molecular weight is 455 g/mol. The third-order valence-electron chi connectivity index (χ3n) is 6.79. The minimum absolute atomic E-state index is 0.189. The Bertz CT molecular complexity index is 1140. The van der Waals surface area contributed by atoms with E-state index in [1.807, 2.05) is 13.8 Å². The van der Waals surface area contributed by atoms with Crippen molar-refractivity contribution >= 4 is 23.4 Å². The van der Waals surface area contributed by atoms with Crippen molar-refractivity contribution in [2.75, 3.05) is 31.1 Å². The molecule has 0 aliphatic carbocycles. The first-order chi connectivity index (χ1) is 15.8. The number of amides is 3. The number of carbonyl (C=O) groups excluding carboxylic acids is 3. The summed E-state index contributed by atoms with van der Waals surface area (Å²) in [6.07, 6.45) is 0.474. The topological polar surface area (TPSA) is 102 Å². The number of fused-ring (bicyclic) bond motifs is 1. The maximum Gasteiger partial charge on any atom is 0.255 e. The first-order valence-electron chi connectivity index (χ1n) is 11.3. The number of rotatable bonds is 4. The van der Waals surface area contributed by atoms with Gasteiger partial charge in [0.1, 0.15) is 17.7 Å². The molecule has 0 bridgehead atoms. The van der Waals surface area contributed by atoms with Gasteiger partial charge in [0.05, 0.1) is 5.69 Å². The van der Waals surface area contributed by atoms with Crippen LogP contribution in [0.1, 0.15) is 46.0 Å². The molecule has 1 unspecified atom stereocenters. The van der Waals surface area contributed by atoms with Crippen LogP contribution in [0.2, 0.25) is 0 Å². The fourth-order valence-electron chi connectivity index (χ4n) is 5.06. The number of piperidine rings is 1. The Morgan fingerprint density at radius 2 is 1.88 bits per heavy atom. The van der Waals surface area contributed by atoms with Gasteiger partial charge in [-0.1, -0.05) is 0 Å². The summed E-state index contributed by atoms with van der Waals surface area (Å²) < 4.78 is 14.5. The number of hydrogen-bond donors (Lipinski definition) is 2. The summed E-state index contributed by atoms with van der Waals surface area (Å²) in [7, 11) is 0. The molecule has 3 amide bonds. The summed E-state index contributed by atoms with van der Waals surface area (Å²) >= 11 is 0. The Hall–Kier alpha value is -3.27. The number of nitrogens with one attached hydrogen (secondary N) is 2. The fourth-order valence-corrected chi connectivity index (χ4v) is 5.06. The summed E-state index contributed by atoms with van der Waals surface area (Å²) in [5, 5.41) is 2.30. The summed E-state index contributed by atoms with van der Waals surface area (Å²) in [6.45, 7) is 7.94. The highest BCUT2D eigenvalue weighted by molar-refractivity contribution is 6.06. The van der Waals surface area contributed by atoms with Crippen molar-refractivity contribution < 1.29 is 18.8 Å². The molecule has 2 N–H and O–H groups in total. The van der Waals surface area contributed by atoms with Crippen LogP contribution in [0.5, 0.6) is 0 Å². The molecule has 10 heteroatoms. The van der Waals surface area contributed by atoms with Gasteiger partial charge in [0.25, 0.3) is 5.91 Å². The van der Waals surface area contributed by atoms with Gasteiger partial charge in [-0.05, 0) is 32.4 Å². The lowest BCUT2D eigenvalue weighted by molar-refractivity contribution is -0.136. The van der Waals surface area contributed by atoms with Crippen LogP contribution < -0.4 is 10.2 Å². The van der Waals surface area contributed by atoms with E-state index in [1.165, 1.54) is 17.0 Å². The number of benzene rings is 1. The van der Waals surface area contributed by atoms with E-state index in [4.69, 9.17) is 0 Å². The van der Waals surface area contributed by atoms with Crippen molar-refractivity contribution in [1.29, 1.82) is 0 Å². The van der Waals surface area contributed by atoms with Crippen molar-refractivity contribution in [1.82, 2.24) is 25.1 Å². The van der Waals surface area contributed by atoms with E-state index in [0.29, 0.717) is 24.3 Å². The predicted molar refractivity (Wildman–Crippen MR) is 118 cm³/mol. The number of aryl methyl sites for hydroxylation is 2. The van der Waals surface area contributed by atoms with Gasteiger partial charge in [-0.15, -0.1) is 0 Å². The van der Waals surface area contributed by atoms with Gasteiger partial charge >= 0.3 is 0 Å². The van der Waals surface area contributed by atoms with E-state index >= 15 is 0 Å². The quantitative estimate of drug-likeness (QED) is 0.675. The summed E-state index contributed by atoms with van der Waals surface area (Å²) in [5.74, 6) is -0.714. The Kier molecular flexibility index (Phi) is 5.40. The highest BCUT2D eigenvalue weighted by atomic mass is 19.1. The molecule has 2 fully saturated rings. The number of hydrogen-bond acceptors (Lipinski definition) is 6. The maximum atomic E-state index is 14.5. The number of aromatic nitrogens is 2. The van der Waals surface area contributed by atoms with E-state index in [2.05, 4.69) is 25.1 Å². The van der Waals surface area contributed by atoms with Gasteiger partial charge < -0.3 is 14.8 Å². The molecule has 0 spiro atoms. The minimum atomic E-state index is -0.712. The standard InChI is InChI=1S/C23H27FN6O3/c1-13-18(26-14(2)25-13)12-28-5-7-29(8-6-28)20-10-15(24)9-16-17(20)11-30(23(16)33)19-3-4-21(31)27-22(19)32/h9-10,19H,3-8,11-12H2,1-2H3,(H,25,26)(H,27,31,32). The van der Waals surface area contributed by atoms with Gasteiger partial charge in [0.2, 0.25) is 11.8 Å². The lowest BCUT2D eigenvalue weighted by Crippen LogP contribution is -2.52. The smallest absolute Gasteiger partial charge is 0.255 e. The van der Waals surface area contributed by atoms with Gasteiger partial charge in [0, 0.05) is 68.2 Å². The van der Waals surface area contributed by atoms with Crippen LogP contribution in [0.15, 0.2) is 12.1 Å². The van der Waals surface area contributed by atoms with E-state index in [9.17, 15) is 18.8 Å². The Morgan fingerprint density at radius 1 is 1.12 bits per heavy atom. The summed E-state index contributed by atoms with van der Waals surface area (Å²) in [4.78, 5) is 50.6. The van der Waals surface area contributed by atoms with Crippen LogP contribution in [0, 0.1) is 19.7 Å². The number of nitrogens with zero attached hydrogens (tertiary/aromatic N) is 4. The van der Waals surface area contributed by atoms with Crippen LogP contribution in [0.3, 0.4) is 0 Å². The number of anilines is 1. The molecule has 5 rings (SSSR count). The van der Waals surface area contributed by atoms with Crippen molar-refractivity contribution in [2.24, 2.45) is 0 Å². The normalized spacial score (nSPS) is 21.5. The van der Waals surface area contributed by atoms with E-state index < -0.39 is 17.8 Å².